The van der Waals surface area contributed by atoms with Gasteiger partial charge in [0.25, 0.3) is 0 Å². The molecule has 0 spiro atoms. The number of carbonyl (C=O) groups excluding carboxylic acids is 1. The van der Waals surface area contributed by atoms with Crippen LogP contribution in [0.25, 0.3) is 0 Å². The van der Waals surface area contributed by atoms with Crippen molar-refractivity contribution in [2.45, 2.75) is 13.8 Å². The lowest BCUT2D eigenvalue weighted by atomic mass is 9.99. The maximum Gasteiger partial charge on any atom is 0.194 e. The van der Waals surface area contributed by atoms with Gasteiger partial charge in [0.15, 0.2) is 17.4 Å². The van der Waals surface area contributed by atoms with E-state index < -0.39 is 17.4 Å². The van der Waals surface area contributed by atoms with Crippen LogP contribution in [0, 0.1) is 25.5 Å². The molecule has 0 unspecified atom stereocenters. The van der Waals surface area contributed by atoms with Gasteiger partial charge in [-0.05, 0) is 55.3 Å². The summed E-state index contributed by atoms with van der Waals surface area (Å²) in [6.07, 6.45) is 0. The third-order valence-corrected chi connectivity index (χ3v) is 3.32. The van der Waals surface area contributed by atoms with Crippen molar-refractivity contribution in [3.63, 3.8) is 0 Å². The fraction of sp³-hybridized carbons (Fsp3) is 0.133. The highest BCUT2D eigenvalue weighted by Crippen LogP contribution is 2.24. The topological polar surface area (TPSA) is 17.1 Å². The lowest BCUT2D eigenvalue weighted by molar-refractivity contribution is 0.103. The molecule has 19 heavy (non-hydrogen) atoms. The van der Waals surface area contributed by atoms with Crippen LogP contribution in [-0.4, -0.2) is 5.78 Å². The molecular weight excluding hydrogens is 270 g/mol. The molecule has 0 radical (unpaired) electrons. The van der Waals surface area contributed by atoms with Crippen LogP contribution in [0.3, 0.4) is 0 Å². The largest absolute Gasteiger partial charge is 0.289 e. The molecule has 0 bridgehead atoms. The molecule has 4 heteroatoms. The number of benzene rings is 2. The minimum atomic E-state index is -1.05. The molecule has 0 N–H and O–H groups in total. The molecule has 1 nitrogen and oxygen atoms in total. The molecule has 0 aliphatic rings. The second kappa shape index (κ2) is 5.10. The van der Waals surface area contributed by atoms with Crippen LogP contribution in [0.5, 0.6) is 0 Å². The van der Waals surface area contributed by atoms with Crippen LogP contribution in [0.15, 0.2) is 30.3 Å². The first-order valence-corrected chi connectivity index (χ1v) is 6.04. The van der Waals surface area contributed by atoms with Gasteiger partial charge in [-0.1, -0.05) is 11.6 Å². The molecule has 0 saturated heterocycles. The highest BCUT2D eigenvalue weighted by atomic mass is 35.5. The maximum absolute atomic E-state index is 13.1. The van der Waals surface area contributed by atoms with Gasteiger partial charge in [-0.2, -0.15) is 0 Å². The second-order valence-corrected chi connectivity index (χ2v) is 4.78. The summed E-state index contributed by atoms with van der Waals surface area (Å²) >= 11 is 6.03. The normalized spacial score (nSPS) is 10.6. The van der Waals surface area contributed by atoms with Gasteiger partial charge in [0, 0.05) is 11.1 Å². The Balaban J connectivity index is 2.49. The van der Waals surface area contributed by atoms with Crippen molar-refractivity contribution in [3.05, 3.63) is 69.2 Å². The third-order valence-electron chi connectivity index (χ3n) is 3.01. The summed E-state index contributed by atoms with van der Waals surface area (Å²) in [4.78, 5) is 12.2. The van der Waals surface area contributed by atoms with E-state index in [-0.39, 0.29) is 11.1 Å². The molecule has 0 aliphatic heterocycles. The predicted molar refractivity (Wildman–Crippen MR) is 70.7 cm³/mol. The van der Waals surface area contributed by atoms with Gasteiger partial charge in [0.05, 0.1) is 5.02 Å². The molecule has 0 aliphatic carbocycles. The van der Waals surface area contributed by atoms with Crippen molar-refractivity contribution >= 4 is 17.4 Å². The maximum atomic E-state index is 13.1. The Morgan fingerprint density at radius 3 is 2.26 bits per heavy atom. The molecular formula is C15H11ClF2O. The first kappa shape index (κ1) is 13.7. The van der Waals surface area contributed by atoms with Gasteiger partial charge in [-0.3, -0.25) is 4.79 Å². The minimum Gasteiger partial charge on any atom is -0.289 e. The van der Waals surface area contributed by atoms with E-state index in [9.17, 15) is 13.6 Å². The molecule has 2 rings (SSSR count). The van der Waals surface area contributed by atoms with Crippen molar-refractivity contribution in [2.24, 2.45) is 0 Å². The highest BCUT2D eigenvalue weighted by Gasteiger charge is 2.16. The average Bonchev–Trinajstić information content (AvgIpc) is 2.36. The summed E-state index contributed by atoms with van der Waals surface area (Å²) < 4.78 is 26.0. The summed E-state index contributed by atoms with van der Waals surface area (Å²) in [6, 6.07) is 6.39. The Labute approximate surface area is 114 Å². The van der Waals surface area contributed by atoms with Gasteiger partial charge >= 0.3 is 0 Å². The number of hydrogen-bond donors (Lipinski definition) is 0. The molecule has 2 aromatic rings. The molecule has 0 atom stereocenters. The Bertz CT molecular complexity index is 665. The van der Waals surface area contributed by atoms with Gasteiger partial charge < -0.3 is 0 Å². The van der Waals surface area contributed by atoms with E-state index in [1.54, 1.807) is 12.1 Å². The van der Waals surface area contributed by atoms with Crippen LogP contribution in [0.2, 0.25) is 5.02 Å². The number of aryl methyl sites for hydroxylation is 2. The predicted octanol–water partition coefficient (Wildman–Crippen LogP) is 4.47. The summed E-state index contributed by atoms with van der Waals surface area (Å²) in [6.45, 7) is 3.74. The van der Waals surface area contributed by atoms with Crippen molar-refractivity contribution < 1.29 is 13.6 Å². The van der Waals surface area contributed by atoms with E-state index >= 15 is 0 Å². The zero-order chi connectivity index (χ0) is 14.2. The second-order valence-electron chi connectivity index (χ2n) is 4.37. The first-order valence-electron chi connectivity index (χ1n) is 5.66. The Hall–Kier alpha value is -1.74. The number of ketones is 1. The molecule has 2 aromatic carbocycles. The van der Waals surface area contributed by atoms with E-state index in [4.69, 9.17) is 11.6 Å². The number of hydrogen-bond acceptors (Lipinski definition) is 1. The molecule has 0 amide bonds. The van der Waals surface area contributed by atoms with Crippen LogP contribution in [0.4, 0.5) is 8.78 Å². The van der Waals surface area contributed by atoms with Crippen molar-refractivity contribution in [1.29, 1.82) is 0 Å². The lowest BCUT2D eigenvalue weighted by Gasteiger charge is -2.08. The average molecular weight is 281 g/mol. The van der Waals surface area contributed by atoms with Gasteiger partial charge in [-0.15, -0.1) is 0 Å². The van der Waals surface area contributed by atoms with Crippen molar-refractivity contribution in [3.8, 4) is 0 Å². The summed E-state index contributed by atoms with van der Waals surface area (Å²) in [7, 11) is 0. The monoisotopic (exact) mass is 280 g/mol. The fourth-order valence-electron chi connectivity index (χ4n) is 1.75. The Morgan fingerprint density at radius 2 is 1.63 bits per heavy atom. The van der Waals surface area contributed by atoms with Crippen molar-refractivity contribution in [2.75, 3.05) is 0 Å². The van der Waals surface area contributed by atoms with Gasteiger partial charge in [-0.25, -0.2) is 8.78 Å². The minimum absolute atomic E-state index is 0.0732. The third kappa shape index (κ3) is 2.66. The smallest absolute Gasteiger partial charge is 0.194 e. The van der Waals surface area contributed by atoms with Gasteiger partial charge in [0.1, 0.15) is 0 Å². The number of rotatable bonds is 2. The van der Waals surface area contributed by atoms with Crippen LogP contribution < -0.4 is 0 Å². The zero-order valence-electron chi connectivity index (χ0n) is 10.4. The first-order chi connectivity index (χ1) is 8.90. The van der Waals surface area contributed by atoms with Crippen LogP contribution in [0.1, 0.15) is 27.0 Å². The quantitative estimate of drug-likeness (QED) is 0.742. The van der Waals surface area contributed by atoms with Crippen LogP contribution in [-0.2, 0) is 0 Å². The Morgan fingerprint density at radius 1 is 1.00 bits per heavy atom. The van der Waals surface area contributed by atoms with E-state index in [0.717, 1.165) is 23.3 Å². The van der Waals surface area contributed by atoms with Crippen LogP contribution >= 0.6 is 11.6 Å². The molecule has 0 aromatic heterocycles. The summed E-state index contributed by atoms with van der Waals surface area (Å²) in [5.74, 6) is -2.46. The summed E-state index contributed by atoms with van der Waals surface area (Å²) in [5.41, 5.74) is 2.24. The Kier molecular flexibility index (Phi) is 3.67. The number of carbonyl (C=O) groups is 1. The molecule has 98 valence electrons. The lowest BCUT2D eigenvalue weighted by Crippen LogP contribution is -2.04. The van der Waals surface area contributed by atoms with Crippen molar-refractivity contribution in [1.82, 2.24) is 0 Å². The molecule has 0 fully saturated rings. The standard InChI is InChI=1S/C15H11ClF2O/c1-8-5-11(12(16)6-9(8)2)15(19)10-3-4-13(17)14(18)7-10/h3-7H,1-2H3. The summed E-state index contributed by atoms with van der Waals surface area (Å²) in [5, 5.41) is 0.304. The van der Waals surface area contributed by atoms with Gasteiger partial charge in [0.2, 0.25) is 0 Å². The van der Waals surface area contributed by atoms with E-state index in [1.165, 1.54) is 6.07 Å². The zero-order valence-corrected chi connectivity index (χ0v) is 11.2. The fourth-order valence-corrected chi connectivity index (χ4v) is 2.05. The van der Waals surface area contributed by atoms with E-state index in [0.29, 0.717) is 5.02 Å². The number of halogens is 3. The SMILES string of the molecule is Cc1cc(Cl)c(C(=O)c2ccc(F)c(F)c2)cc1C. The molecule has 0 heterocycles. The highest BCUT2D eigenvalue weighted by molar-refractivity contribution is 6.35. The van der Waals surface area contributed by atoms with E-state index in [2.05, 4.69) is 0 Å². The molecule has 0 saturated carbocycles. The van der Waals surface area contributed by atoms with E-state index in [1.807, 2.05) is 13.8 Å².